The highest BCUT2D eigenvalue weighted by Gasteiger charge is 2.54. The predicted molar refractivity (Wildman–Crippen MR) is 158 cm³/mol. The van der Waals surface area contributed by atoms with Crippen LogP contribution in [0.4, 0.5) is 0 Å². The number of aromatic amines is 1. The molecule has 0 bridgehead atoms. The molecule has 1 fully saturated rings. The third-order valence-electron chi connectivity index (χ3n) is 6.59. The van der Waals surface area contributed by atoms with Crippen LogP contribution in [0.15, 0.2) is 59.5 Å². The number of hydrogen-bond acceptors (Lipinski definition) is 10. The number of aromatic nitrogens is 2. The summed E-state index contributed by atoms with van der Waals surface area (Å²) >= 11 is 5.19. The van der Waals surface area contributed by atoms with Crippen LogP contribution in [0.1, 0.15) is 40.8 Å². The summed E-state index contributed by atoms with van der Waals surface area (Å²) in [4.78, 5) is 26.8. The SMILES string of the molecule is C[C@H](N[P@](=O)(OC[C@H]1O[C@@H](n2ccc(=O)[nH]c2=S)[C@](C)(O)C1O)Oc1cccc2ccccc12)C(=O)OCC(C)(C)C. The van der Waals surface area contributed by atoms with E-state index in [0.717, 1.165) is 5.39 Å². The fourth-order valence-corrected chi connectivity index (χ4v) is 6.14. The van der Waals surface area contributed by atoms with Crippen molar-refractivity contribution in [2.75, 3.05) is 13.2 Å². The molecule has 14 heteroatoms. The smallest absolute Gasteiger partial charge is 0.459 e. The predicted octanol–water partition coefficient (Wildman–Crippen LogP) is 3.84. The van der Waals surface area contributed by atoms with Gasteiger partial charge in [-0.3, -0.25) is 23.7 Å². The number of nitrogens with zero attached hydrogens (tertiary/aromatic N) is 1. The molecular weight excluding hydrogens is 585 g/mol. The molecule has 1 saturated heterocycles. The van der Waals surface area contributed by atoms with Crippen LogP contribution >= 0.6 is 20.0 Å². The Bertz CT molecular complexity index is 1590. The van der Waals surface area contributed by atoms with Gasteiger partial charge in [-0.15, -0.1) is 0 Å². The van der Waals surface area contributed by atoms with Gasteiger partial charge in [-0.05, 0) is 42.9 Å². The number of nitrogens with one attached hydrogen (secondary N) is 2. The third-order valence-corrected chi connectivity index (χ3v) is 8.53. The van der Waals surface area contributed by atoms with Crippen LogP contribution in [0.2, 0.25) is 0 Å². The monoisotopic (exact) mass is 621 g/mol. The zero-order chi connectivity index (χ0) is 30.9. The topological polar surface area (TPSA) is 161 Å². The lowest BCUT2D eigenvalue weighted by molar-refractivity contribution is -0.148. The zero-order valence-electron chi connectivity index (χ0n) is 24.0. The minimum atomic E-state index is -4.35. The van der Waals surface area contributed by atoms with E-state index in [9.17, 15) is 24.4 Å². The van der Waals surface area contributed by atoms with Gasteiger partial charge in [-0.1, -0.05) is 57.2 Å². The second kappa shape index (κ2) is 12.4. The number of esters is 1. The molecule has 4 N–H and O–H groups in total. The molecule has 4 rings (SSSR count). The summed E-state index contributed by atoms with van der Waals surface area (Å²) in [5.74, 6) is -0.431. The lowest BCUT2D eigenvalue weighted by Crippen LogP contribution is -2.45. The first kappa shape index (κ1) is 32.0. The first-order valence-corrected chi connectivity index (χ1v) is 15.3. The number of hydrogen-bond donors (Lipinski definition) is 4. The maximum absolute atomic E-state index is 14.2. The van der Waals surface area contributed by atoms with Crippen molar-refractivity contribution in [1.29, 1.82) is 0 Å². The highest BCUT2D eigenvalue weighted by Crippen LogP contribution is 2.48. The molecule has 0 spiro atoms. The van der Waals surface area contributed by atoms with Crippen LogP contribution in [0.3, 0.4) is 0 Å². The van der Waals surface area contributed by atoms with E-state index < -0.39 is 56.0 Å². The molecule has 6 atom stereocenters. The minimum absolute atomic E-state index is 0.0317. The van der Waals surface area contributed by atoms with Gasteiger partial charge in [0.15, 0.2) is 11.0 Å². The standard InChI is InChI=1S/C28H36N3O9PS/c1-17(24(34)37-16-27(2,3)4)30-41(36,40-20-12-8-10-18-9-6-7-11-19(18)20)38-15-21-23(33)28(5,35)25(39-21)31-14-13-22(32)29-26(31)42/h6-14,17,21,23,25,33,35H,15-16H2,1-5H3,(H,30,36)(H,29,32,42)/t17-,21+,23?,25+,28+,41-/m0/s1. The van der Waals surface area contributed by atoms with Gasteiger partial charge in [0.1, 0.15) is 29.6 Å². The van der Waals surface area contributed by atoms with Gasteiger partial charge < -0.3 is 24.2 Å². The average Bonchev–Trinajstić information content (AvgIpc) is 3.14. The van der Waals surface area contributed by atoms with Gasteiger partial charge >= 0.3 is 13.7 Å². The van der Waals surface area contributed by atoms with Crippen LogP contribution in [-0.2, 0) is 23.4 Å². The number of rotatable bonds is 10. The van der Waals surface area contributed by atoms with Gasteiger partial charge in [0.25, 0.3) is 5.56 Å². The van der Waals surface area contributed by atoms with Gasteiger partial charge in [0, 0.05) is 17.6 Å². The lowest BCUT2D eigenvalue weighted by Gasteiger charge is -2.28. The van der Waals surface area contributed by atoms with Gasteiger partial charge in [0.2, 0.25) is 0 Å². The summed E-state index contributed by atoms with van der Waals surface area (Å²) in [6.45, 7) is 8.16. The quantitative estimate of drug-likeness (QED) is 0.148. The van der Waals surface area contributed by atoms with E-state index in [1.807, 2.05) is 39.0 Å². The van der Waals surface area contributed by atoms with E-state index in [1.165, 1.54) is 30.7 Å². The molecule has 2 aromatic carbocycles. The number of carbonyl (C=O) groups excluding carboxylic acids is 1. The molecule has 228 valence electrons. The number of fused-ring (bicyclic) bond motifs is 1. The Kier molecular flexibility index (Phi) is 9.43. The molecule has 42 heavy (non-hydrogen) atoms. The number of aliphatic hydroxyl groups excluding tert-OH is 1. The highest BCUT2D eigenvalue weighted by atomic mass is 32.1. The number of benzene rings is 2. The van der Waals surface area contributed by atoms with Crippen molar-refractivity contribution in [3.05, 3.63) is 69.9 Å². The summed E-state index contributed by atoms with van der Waals surface area (Å²) < 4.78 is 38.4. The summed E-state index contributed by atoms with van der Waals surface area (Å²) in [6.07, 6.45) is -2.59. The van der Waals surface area contributed by atoms with Crippen LogP contribution < -0.4 is 15.2 Å². The molecule has 0 saturated carbocycles. The second-order valence-corrected chi connectivity index (χ2v) is 13.7. The zero-order valence-corrected chi connectivity index (χ0v) is 25.7. The van der Waals surface area contributed by atoms with Crippen LogP contribution in [0.5, 0.6) is 5.75 Å². The van der Waals surface area contributed by atoms with E-state index in [1.54, 1.807) is 24.3 Å². The molecule has 1 unspecified atom stereocenters. The van der Waals surface area contributed by atoms with Crippen LogP contribution in [0, 0.1) is 10.2 Å². The summed E-state index contributed by atoms with van der Waals surface area (Å²) in [5, 5.41) is 26.2. The van der Waals surface area contributed by atoms with Crippen LogP contribution in [-0.4, -0.2) is 62.8 Å². The Morgan fingerprint density at radius 3 is 2.62 bits per heavy atom. The molecule has 1 aliphatic heterocycles. The molecule has 0 aliphatic carbocycles. The number of H-pyrrole nitrogens is 1. The molecule has 2 heterocycles. The molecule has 3 aromatic rings. The van der Waals surface area contributed by atoms with Gasteiger partial charge in [0.05, 0.1) is 13.2 Å². The maximum atomic E-state index is 14.2. The molecule has 12 nitrogen and oxygen atoms in total. The van der Waals surface area contributed by atoms with Crippen molar-refractivity contribution >= 4 is 36.7 Å². The summed E-state index contributed by atoms with van der Waals surface area (Å²) in [6, 6.07) is 12.6. The maximum Gasteiger partial charge on any atom is 0.459 e. The Morgan fingerprint density at radius 2 is 1.93 bits per heavy atom. The van der Waals surface area contributed by atoms with Crippen molar-refractivity contribution in [2.24, 2.45) is 5.41 Å². The lowest BCUT2D eigenvalue weighted by atomic mass is 9.96. The fraction of sp³-hybridized carbons (Fsp3) is 0.464. The molecule has 0 amide bonds. The summed E-state index contributed by atoms with van der Waals surface area (Å²) in [5.41, 5.74) is -2.60. The van der Waals surface area contributed by atoms with Crippen LogP contribution in [0.25, 0.3) is 10.8 Å². The van der Waals surface area contributed by atoms with Crippen molar-refractivity contribution in [1.82, 2.24) is 14.6 Å². The normalized spacial score (nSPS) is 24.7. The number of carbonyl (C=O) groups is 1. The summed E-state index contributed by atoms with van der Waals surface area (Å²) in [7, 11) is -4.35. The van der Waals surface area contributed by atoms with Crippen molar-refractivity contribution in [3.63, 3.8) is 0 Å². The molecule has 1 aliphatic rings. The molecular formula is C28H36N3O9PS. The molecule has 1 aromatic heterocycles. The van der Waals surface area contributed by atoms with Crippen molar-refractivity contribution in [2.45, 2.75) is 64.7 Å². The Balaban J connectivity index is 1.58. The average molecular weight is 622 g/mol. The van der Waals surface area contributed by atoms with Gasteiger partial charge in [-0.2, -0.15) is 5.09 Å². The second-order valence-electron chi connectivity index (χ2n) is 11.6. The Labute approximate surface area is 248 Å². The third kappa shape index (κ3) is 7.35. The molecule has 0 radical (unpaired) electrons. The largest absolute Gasteiger partial charge is 0.464 e. The Morgan fingerprint density at radius 1 is 1.24 bits per heavy atom. The highest BCUT2D eigenvalue weighted by molar-refractivity contribution is 7.71. The fourth-order valence-electron chi connectivity index (χ4n) is 4.36. The number of ether oxygens (including phenoxy) is 2. The van der Waals surface area contributed by atoms with E-state index in [-0.39, 0.29) is 22.5 Å². The van der Waals surface area contributed by atoms with Crippen molar-refractivity contribution < 1.29 is 38.1 Å². The van der Waals surface area contributed by atoms with E-state index in [4.69, 9.17) is 30.7 Å². The van der Waals surface area contributed by atoms with E-state index in [2.05, 4.69) is 10.1 Å². The number of aliphatic hydroxyl groups is 2. The van der Waals surface area contributed by atoms with Crippen molar-refractivity contribution in [3.8, 4) is 5.75 Å². The minimum Gasteiger partial charge on any atom is -0.464 e. The Hall–Kier alpha value is -2.90. The van der Waals surface area contributed by atoms with E-state index >= 15 is 0 Å². The first-order valence-electron chi connectivity index (χ1n) is 13.3. The van der Waals surface area contributed by atoms with E-state index in [0.29, 0.717) is 5.39 Å². The first-order chi connectivity index (χ1) is 19.6. The van der Waals surface area contributed by atoms with Gasteiger partial charge in [-0.25, -0.2) is 4.57 Å².